The van der Waals surface area contributed by atoms with Crippen LogP contribution in [-0.4, -0.2) is 18.4 Å². The zero-order valence-electron chi connectivity index (χ0n) is 10.3. The lowest BCUT2D eigenvalue weighted by molar-refractivity contribution is 0.373. The maximum atomic E-state index is 12.7. The summed E-state index contributed by atoms with van der Waals surface area (Å²) >= 11 is 0. The summed E-state index contributed by atoms with van der Waals surface area (Å²) in [5.41, 5.74) is 3.91. The Bertz CT molecular complexity index is 582. The van der Waals surface area contributed by atoms with Gasteiger partial charge in [0.05, 0.1) is 19.0 Å². The minimum Gasteiger partial charge on any atom is -0.504 e. The van der Waals surface area contributed by atoms with Gasteiger partial charge in [-0.15, -0.1) is 0 Å². The predicted molar refractivity (Wildman–Crippen MR) is 72.3 cm³/mol. The van der Waals surface area contributed by atoms with Gasteiger partial charge < -0.3 is 9.84 Å². The second kappa shape index (κ2) is 5.86. The fraction of sp³-hybridized carbons (Fsp3) is 0.0714. The summed E-state index contributed by atoms with van der Waals surface area (Å²) in [4.78, 5) is 0. The molecular formula is C14H13FN2O2. The molecule has 0 amide bonds. The van der Waals surface area contributed by atoms with Crippen LogP contribution in [0.5, 0.6) is 11.5 Å². The van der Waals surface area contributed by atoms with Gasteiger partial charge in [-0.3, -0.25) is 5.43 Å². The van der Waals surface area contributed by atoms with Crippen LogP contribution in [0.2, 0.25) is 0 Å². The van der Waals surface area contributed by atoms with Crippen molar-refractivity contribution in [1.82, 2.24) is 0 Å². The standard InChI is InChI=1S/C14H13FN2O2/c1-19-13-4-2-3-10(14(13)18)9-16-17-12-7-5-11(15)6-8-12/h2-9,17-18H,1H3. The molecule has 2 aromatic rings. The predicted octanol–water partition coefficient (Wildman–Crippen LogP) is 2.99. The third kappa shape index (κ3) is 3.22. The second-order valence-corrected chi connectivity index (χ2v) is 3.78. The lowest BCUT2D eigenvalue weighted by Crippen LogP contribution is -1.92. The monoisotopic (exact) mass is 260 g/mol. The first-order valence-electron chi connectivity index (χ1n) is 5.61. The maximum absolute atomic E-state index is 12.7. The molecule has 0 aliphatic rings. The molecule has 0 spiro atoms. The van der Waals surface area contributed by atoms with Crippen LogP contribution in [0.4, 0.5) is 10.1 Å². The minimum absolute atomic E-state index is 0.0228. The molecule has 0 saturated heterocycles. The van der Waals surface area contributed by atoms with E-state index in [1.807, 2.05) is 0 Å². The summed E-state index contributed by atoms with van der Waals surface area (Å²) in [5.74, 6) is 0.0976. The molecule has 0 aromatic heterocycles. The summed E-state index contributed by atoms with van der Waals surface area (Å²) in [5, 5.41) is 13.8. The number of para-hydroxylation sites is 1. The lowest BCUT2D eigenvalue weighted by atomic mass is 10.2. The highest BCUT2D eigenvalue weighted by Gasteiger charge is 2.04. The van der Waals surface area contributed by atoms with Crippen LogP contribution in [0, 0.1) is 5.82 Å². The molecule has 0 radical (unpaired) electrons. The van der Waals surface area contributed by atoms with Crippen LogP contribution in [0.25, 0.3) is 0 Å². The van der Waals surface area contributed by atoms with Crippen molar-refractivity contribution in [3.8, 4) is 11.5 Å². The number of benzene rings is 2. The van der Waals surface area contributed by atoms with E-state index in [9.17, 15) is 9.50 Å². The molecule has 98 valence electrons. The number of nitrogens with one attached hydrogen (secondary N) is 1. The third-order valence-corrected chi connectivity index (χ3v) is 2.49. The quantitative estimate of drug-likeness (QED) is 0.656. The van der Waals surface area contributed by atoms with E-state index in [1.165, 1.54) is 25.5 Å². The molecule has 0 aliphatic heterocycles. The van der Waals surface area contributed by atoms with Gasteiger partial charge in [-0.05, 0) is 36.4 Å². The van der Waals surface area contributed by atoms with Gasteiger partial charge in [-0.25, -0.2) is 4.39 Å². The Balaban J connectivity index is 2.09. The van der Waals surface area contributed by atoms with E-state index < -0.39 is 0 Å². The van der Waals surface area contributed by atoms with Gasteiger partial charge in [0.15, 0.2) is 11.5 Å². The number of rotatable bonds is 4. The number of ether oxygens (including phenoxy) is 1. The van der Waals surface area contributed by atoms with Crippen LogP contribution in [-0.2, 0) is 0 Å². The highest BCUT2D eigenvalue weighted by molar-refractivity contribution is 5.85. The van der Waals surface area contributed by atoms with Gasteiger partial charge in [0.2, 0.25) is 0 Å². The summed E-state index contributed by atoms with van der Waals surface area (Å²) in [7, 11) is 1.48. The van der Waals surface area contributed by atoms with Gasteiger partial charge in [0.25, 0.3) is 0 Å². The Labute approximate surface area is 110 Å². The Kier molecular flexibility index (Phi) is 3.97. The zero-order valence-corrected chi connectivity index (χ0v) is 10.3. The van der Waals surface area contributed by atoms with Crippen molar-refractivity contribution in [2.24, 2.45) is 5.10 Å². The Morgan fingerprint density at radius 2 is 1.95 bits per heavy atom. The van der Waals surface area contributed by atoms with Crippen LogP contribution in [0.15, 0.2) is 47.6 Å². The molecule has 0 heterocycles. The first-order valence-corrected chi connectivity index (χ1v) is 5.61. The normalized spacial score (nSPS) is 10.6. The van der Waals surface area contributed by atoms with Gasteiger partial charge in [-0.2, -0.15) is 5.10 Å². The van der Waals surface area contributed by atoms with Gasteiger partial charge >= 0.3 is 0 Å². The summed E-state index contributed by atoms with van der Waals surface area (Å²) in [6, 6.07) is 10.9. The number of hydrogen-bond acceptors (Lipinski definition) is 4. The first kappa shape index (κ1) is 12.9. The number of hydrazone groups is 1. The first-order chi connectivity index (χ1) is 9.20. The van der Waals surface area contributed by atoms with Crippen molar-refractivity contribution in [3.05, 3.63) is 53.8 Å². The van der Waals surface area contributed by atoms with Crippen LogP contribution < -0.4 is 10.2 Å². The minimum atomic E-state index is -0.306. The molecule has 5 heteroatoms. The molecule has 0 aliphatic carbocycles. The summed E-state index contributed by atoms with van der Waals surface area (Å²) in [6.07, 6.45) is 1.46. The molecule has 0 unspecified atom stereocenters. The Morgan fingerprint density at radius 1 is 1.21 bits per heavy atom. The van der Waals surface area contributed by atoms with Crippen molar-refractivity contribution in [1.29, 1.82) is 0 Å². The van der Waals surface area contributed by atoms with Crippen molar-refractivity contribution in [2.75, 3.05) is 12.5 Å². The number of nitrogens with zero attached hydrogens (tertiary/aromatic N) is 1. The number of phenolic OH excluding ortho intramolecular Hbond substituents is 1. The molecule has 0 bridgehead atoms. The largest absolute Gasteiger partial charge is 0.504 e. The highest BCUT2D eigenvalue weighted by atomic mass is 19.1. The van der Waals surface area contributed by atoms with E-state index in [4.69, 9.17) is 4.74 Å². The van der Waals surface area contributed by atoms with Gasteiger partial charge in [0, 0.05) is 5.56 Å². The Morgan fingerprint density at radius 3 is 2.63 bits per heavy atom. The maximum Gasteiger partial charge on any atom is 0.166 e. The Hall–Kier alpha value is -2.56. The number of hydrogen-bond donors (Lipinski definition) is 2. The van der Waals surface area contributed by atoms with Crippen molar-refractivity contribution in [3.63, 3.8) is 0 Å². The van der Waals surface area contributed by atoms with Crippen molar-refractivity contribution in [2.45, 2.75) is 0 Å². The van der Waals surface area contributed by atoms with E-state index in [2.05, 4.69) is 10.5 Å². The van der Waals surface area contributed by atoms with E-state index in [-0.39, 0.29) is 11.6 Å². The van der Waals surface area contributed by atoms with E-state index in [0.29, 0.717) is 17.0 Å². The van der Waals surface area contributed by atoms with Crippen LogP contribution in [0.1, 0.15) is 5.56 Å². The molecule has 0 saturated carbocycles. The van der Waals surface area contributed by atoms with Gasteiger partial charge in [-0.1, -0.05) is 6.07 Å². The number of anilines is 1. The van der Waals surface area contributed by atoms with Crippen molar-refractivity contribution >= 4 is 11.9 Å². The fourth-order valence-electron chi connectivity index (χ4n) is 1.51. The number of phenols is 1. The number of halogens is 1. The summed E-state index contributed by atoms with van der Waals surface area (Å²) < 4.78 is 17.7. The molecular weight excluding hydrogens is 247 g/mol. The molecule has 4 nitrogen and oxygen atoms in total. The van der Waals surface area contributed by atoms with E-state index >= 15 is 0 Å². The molecule has 19 heavy (non-hydrogen) atoms. The number of aromatic hydroxyl groups is 1. The molecule has 0 fully saturated rings. The topological polar surface area (TPSA) is 53.8 Å². The van der Waals surface area contributed by atoms with E-state index in [0.717, 1.165) is 0 Å². The smallest absolute Gasteiger partial charge is 0.166 e. The molecule has 0 atom stereocenters. The SMILES string of the molecule is COc1cccc(C=NNc2ccc(F)cc2)c1O. The molecule has 2 rings (SSSR count). The number of methoxy groups -OCH3 is 1. The highest BCUT2D eigenvalue weighted by Crippen LogP contribution is 2.27. The average molecular weight is 260 g/mol. The van der Waals surface area contributed by atoms with Crippen LogP contribution >= 0.6 is 0 Å². The second-order valence-electron chi connectivity index (χ2n) is 3.78. The average Bonchev–Trinajstić information content (AvgIpc) is 2.43. The molecule has 2 N–H and O–H groups in total. The third-order valence-electron chi connectivity index (χ3n) is 2.49. The summed E-state index contributed by atoms with van der Waals surface area (Å²) in [6.45, 7) is 0. The zero-order chi connectivity index (χ0) is 13.7. The van der Waals surface area contributed by atoms with Gasteiger partial charge in [0.1, 0.15) is 5.82 Å². The van der Waals surface area contributed by atoms with Crippen molar-refractivity contribution < 1.29 is 14.2 Å². The van der Waals surface area contributed by atoms with E-state index in [1.54, 1.807) is 30.3 Å². The van der Waals surface area contributed by atoms with Crippen LogP contribution in [0.3, 0.4) is 0 Å². The lowest BCUT2D eigenvalue weighted by Gasteiger charge is -2.05. The molecule has 2 aromatic carbocycles. The fourth-order valence-corrected chi connectivity index (χ4v) is 1.51.